The molecule has 2 aromatic carbocycles. The van der Waals surface area contributed by atoms with Gasteiger partial charge in [0.15, 0.2) is 0 Å². The lowest BCUT2D eigenvalue weighted by molar-refractivity contribution is 0.0109. The van der Waals surface area contributed by atoms with E-state index in [-0.39, 0.29) is 26.4 Å². The predicted octanol–water partition coefficient (Wildman–Crippen LogP) is 15.5. The Balaban J connectivity index is 1.45. The Hall–Kier alpha value is -1.57. The van der Waals surface area contributed by atoms with Crippen LogP contribution in [0.5, 0.6) is 11.5 Å². The molecule has 0 fully saturated rings. The minimum absolute atomic E-state index is 0.0989. The molecule has 342 valence electrons. The van der Waals surface area contributed by atoms with Crippen LogP contribution in [0.2, 0.25) is 5.02 Å². The molecule has 2 rings (SSSR count). The van der Waals surface area contributed by atoms with Gasteiger partial charge in [-0.25, -0.2) is 0 Å². The third kappa shape index (κ3) is 30.2. The van der Waals surface area contributed by atoms with Crippen molar-refractivity contribution in [3.8, 4) is 11.5 Å². The van der Waals surface area contributed by atoms with Crippen LogP contribution in [-0.4, -0.2) is 62.1 Å². The summed E-state index contributed by atoms with van der Waals surface area (Å²) < 4.78 is 23.4. The quantitative estimate of drug-likeness (QED) is 0.0647. The molecule has 2 aromatic rings. The van der Waals surface area contributed by atoms with Crippen LogP contribution in [0.15, 0.2) is 30.3 Å². The summed E-state index contributed by atoms with van der Waals surface area (Å²) in [5.41, 5.74) is 0. The lowest BCUT2D eigenvalue weighted by Crippen LogP contribution is -2.24. The molecule has 0 aromatic heterocycles. The topological polar surface area (TPSA) is 77.4 Å². The van der Waals surface area contributed by atoms with Gasteiger partial charge in [-0.15, -0.1) is 0 Å². The molecule has 0 saturated heterocycles. The molecule has 0 bridgehead atoms. The van der Waals surface area contributed by atoms with Crippen molar-refractivity contribution in [2.75, 3.05) is 39.6 Å². The number of rotatable bonds is 44. The van der Waals surface area contributed by atoms with Crippen molar-refractivity contribution in [2.45, 2.75) is 232 Å². The number of fused-ring (bicyclic) bond motifs is 1. The SMILES string of the molecule is CCCCCCCCCCCCCCCCCCOCC(O)COc1ccc2c(OCC(O)COCCCCCCCCCCCCCCCCCC)c(Cl)ccc2c1. The predicted molar refractivity (Wildman–Crippen MR) is 253 cm³/mol. The van der Waals surface area contributed by atoms with Crippen molar-refractivity contribution in [3.05, 3.63) is 35.4 Å². The zero-order valence-electron chi connectivity index (χ0n) is 38.3. The molecule has 2 unspecified atom stereocenters. The first kappa shape index (κ1) is 53.6. The summed E-state index contributed by atoms with van der Waals surface area (Å²) in [6, 6.07) is 9.40. The zero-order valence-corrected chi connectivity index (χ0v) is 39.1. The van der Waals surface area contributed by atoms with Crippen molar-refractivity contribution in [1.82, 2.24) is 0 Å². The van der Waals surface area contributed by atoms with Gasteiger partial charge in [-0.3, -0.25) is 0 Å². The second kappa shape index (κ2) is 39.3. The number of hydrogen-bond donors (Lipinski definition) is 2. The highest BCUT2D eigenvalue weighted by molar-refractivity contribution is 6.33. The fourth-order valence-electron chi connectivity index (χ4n) is 7.90. The van der Waals surface area contributed by atoms with Gasteiger partial charge in [0.1, 0.15) is 36.9 Å². The van der Waals surface area contributed by atoms with Gasteiger partial charge in [0.25, 0.3) is 0 Å². The van der Waals surface area contributed by atoms with E-state index in [2.05, 4.69) is 13.8 Å². The van der Waals surface area contributed by atoms with E-state index in [1.54, 1.807) is 6.07 Å². The molecule has 59 heavy (non-hydrogen) atoms. The highest BCUT2D eigenvalue weighted by atomic mass is 35.5. The summed E-state index contributed by atoms with van der Waals surface area (Å²) in [5, 5.41) is 23.2. The van der Waals surface area contributed by atoms with Crippen LogP contribution in [-0.2, 0) is 9.47 Å². The molecule has 7 heteroatoms. The Morgan fingerprint density at radius 1 is 0.424 bits per heavy atom. The number of ether oxygens (including phenoxy) is 4. The van der Waals surface area contributed by atoms with Crippen molar-refractivity contribution in [1.29, 1.82) is 0 Å². The summed E-state index contributed by atoms with van der Waals surface area (Å²) in [5.74, 6) is 1.19. The number of hydrogen-bond acceptors (Lipinski definition) is 6. The van der Waals surface area contributed by atoms with Gasteiger partial charge < -0.3 is 29.2 Å². The van der Waals surface area contributed by atoms with E-state index in [1.807, 2.05) is 24.3 Å². The minimum Gasteiger partial charge on any atom is -0.491 e. The summed E-state index contributed by atoms with van der Waals surface area (Å²) >= 11 is 6.52. The van der Waals surface area contributed by atoms with E-state index in [1.165, 1.54) is 193 Å². The first-order valence-corrected chi connectivity index (χ1v) is 25.4. The largest absolute Gasteiger partial charge is 0.491 e. The number of benzene rings is 2. The van der Waals surface area contributed by atoms with E-state index in [4.69, 9.17) is 30.5 Å². The van der Waals surface area contributed by atoms with Crippen molar-refractivity contribution >= 4 is 22.4 Å². The molecule has 6 nitrogen and oxygen atoms in total. The zero-order chi connectivity index (χ0) is 42.3. The molecule has 0 heterocycles. The maximum absolute atomic E-state index is 10.5. The first-order chi connectivity index (χ1) is 29.0. The van der Waals surface area contributed by atoms with Gasteiger partial charge in [-0.1, -0.05) is 224 Å². The van der Waals surface area contributed by atoms with Crippen LogP contribution in [0.4, 0.5) is 0 Å². The average Bonchev–Trinajstić information content (AvgIpc) is 3.24. The van der Waals surface area contributed by atoms with Crippen LogP contribution in [0.3, 0.4) is 0 Å². The third-order valence-corrected chi connectivity index (χ3v) is 12.0. The standard InChI is InChI=1S/C52H91ClO6/c1-3-5-7-9-11-13-15-17-19-21-23-25-27-29-31-33-39-56-42-47(54)44-58-49-36-37-50-46(41-49)35-38-51(53)52(50)59-45-48(55)43-57-40-34-32-30-28-26-24-22-20-18-16-14-12-10-8-6-4-2/h35-38,41,47-48,54-55H,3-34,39-40,42-45H2,1-2H3. The van der Waals surface area contributed by atoms with Gasteiger partial charge in [0.2, 0.25) is 0 Å². The highest BCUT2D eigenvalue weighted by Gasteiger charge is 2.13. The second-order valence-corrected chi connectivity index (χ2v) is 17.9. The van der Waals surface area contributed by atoms with Crippen LogP contribution in [0, 0.1) is 0 Å². The normalized spacial score (nSPS) is 12.7. The Morgan fingerprint density at radius 2 is 0.780 bits per heavy atom. The Bertz CT molecular complexity index is 1210. The lowest BCUT2D eigenvalue weighted by atomic mass is 10.0. The number of halogens is 1. The molecule has 0 radical (unpaired) electrons. The molecular formula is C52H91ClO6. The molecule has 0 aliphatic carbocycles. The van der Waals surface area contributed by atoms with Gasteiger partial charge >= 0.3 is 0 Å². The second-order valence-electron chi connectivity index (χ2n) is 17.4. The summed E-state index contributed by atoms with van der Waals surface area (Å²) in [6.45, 7) is 6.67. The van der Waals surface area contributed by atoms with Crippen LogP contribution in [0.25, 0.3) is 10.8 Å². The van der Waals surface area contributed by atoms with Gasteiger partial charge in [0, 0.05) is 18.6 Å². The van der Waals surface area contributed by atoms with E-state index >= 15 is 0 Å². The van der Waals surface area contributed by atoms with E-state index < -0.39 is 12.2 Å². The minimum atomic E-state index is -0.738. The maximum Gasteiger partial charge on any atom is 0.145 e. The Morgan fingerprint density at radius 3 is 1.17 bits per heavy atom. The van der Waals surface area contributed by atoms with Gasteiger partial charge in [-0.2, -0.15) is 0 Å². The fraction of sp³-hybridized carbons (Fsp3) is 0.808. The Labute approximate surface area is 368 Å². The van der Waals surface area contributed by atoms with Gasteiger partial charge in [0.05, 0.1) is 18.2 Å². The monoisotopic (exact) mass is 847 g/mol. The lowest BCUT2D eigenvalue weighted by Gasteiger charge is -2.16. The van der Waals surface area contributed by atoms with E-state index in [9.17, 15) is 10.2 Å². The van der Waals surface area contributed by atoms with Crippen LogP contribution >= 0.6 is 11.6 Å². The van der Waals surface area contributed by atoms with Crippen molar-refractivity contribution in [2.24, 2.45) is 0 Å². The molecule has 0 saturated carbocycles. The number of unbranched alkanes of at least 4 members (excludes halogenated alkanes) is 30. The van der Waals surface area contributed by atoms with Crippen molar-refractivity contribution < 1.29 is 29.2 Å². The molecule has 0 aliphatic heterocycles. The molecule has 2 N–H and O–H groups in total. The number of aliphatic hydroxyl groups excluding tert-OH is 2. The van der Waals surface area contributed by atoms with Gasteiger partial charge in [-0.05, 0) is 42.5 Å². The fourth-order valence-corrected chi connectivity index (χ4v) is 8.12. The van der Waals surface area contributed by atoms with Crippen molar-refractivity contribution in [3.63, 3.8) is 0 Å². The summed E-state index contributed by atoms with van der Waals surface area (Å²) in [4.78, 5) is 0. The molecule has 0 spiro atoms. The Kier molecular flexibility index (Phi) is 35.7. The molecule has 0 amide bonds. The van der Waals surface area contributed by atoms with E-state index in [0.717, 1.165) is 23.6 Å². The number of aliphatic hydroxyl groups is 2. The summed E-state index contributed by atoms with van der Waals surface area (Å²) in [7, 11) is 0. The molecule has 2 atom stereocenters. The molecule has 0 aliphatic rings. The molecular weight excluding hydrogens is 756 g/mol. The maximum atomic E-state index is 10.5. The highest BCUT2D eigenvalue weighted by Crippen LogP contribution is 2.35. The smallest absolute Gasteiger partial charge is 0.145 e. The average molecular weight is 848 g/mol. The van der Waals surface area contributed by atoms with E-state index in [0.29, 0.717) is 29.7 Å². The third-order valence-electron chi connectivity index (χ3n) is 11.7. The summed E-state index contributed by atoms with van der Waals surface area (Å²) in [6.07, 6.45) is 41.7. The van der Waals surface area contributed by atoms with Crippen LogP contribution in [0.1, 0.15) is 219 Å². The first-order valence-electron chi connectivity index (χ1n) is 25.0. The van der Waals surface area contributed by atoms with Crippen LogP contribution < -0.4 is 9.47 Å².